The maximum absolute atomic E-state index is 4.95. The first-order valence-electron chi connectivity index (χ1n) is 3.93. The highest BCUT2D eigenvalue weighted by atomic mass is 16.5. The summed E-state index contributed by atoms with van der Waals surface area (Å²) in [4.78, 5) is 7.43. The van der Waals surface area contributed by atoms with Gasteiger partial charge in [-0.2, -0.15) is 0 Å². The summed E-state index contributed by atoms with van der Waals surface area (Å²) in [6.07, 6.45) is 4.55. The molecular formula is C8H12N2O. The van der Waals surface area contributed by atoms with E-state index in [1.807, 2.05) is 6.20 Å². The predicted octanol–water partition coefficient (Wildman–Crippen LogP) is 1.43. The minimum atomic E-state index is 0.590. The molecule has 2 rings (SSSR count). The van der Waals surface area contributed by atoms with Gasteiger partial charge in [0.2, 0.25) is 0 Å². The van der Waals surface area contributed by atoms with Gasteiger partial charge in [-0.25, -0.2) is 4.98 Å². The molecule has 0 saturated heterocycles. The highest BCUT2D eigenvalue weighted by Gasteiger charge is 2.25. The number of H-pyrrole nitrogens is 1. The lowest BCUT2D eigenvalue weighted by Gasteiger charge is -1.91. The zero-order valence-electron chi connectivity index (χ0n) is 6.63. The Morgan fingerprint density at radius 1 is 1.73 bits per heavy atom. The lowest BCUT2D eigenvalue weighted by molar-refractivity contribution is 0.178. The first-order chi connectivity index (χ1) is 5.40. The van der Waals surface area contributed by atoms with E-state index in [2.05, 4.69) is 9.97 Å². The standard InChI is InChI=1S/C8H12N2O/c1-11-5-8-9-4-7(10-8)6-2-3-6/h4,6H,2-3,5H2,1H3,(H,9,10). The maximum atomic E-state index is 4.95. The molecule has 3 heteroatoms. The molecular weight excluding hydrogens is 140 g/mol. The number of hydrogen-bond acceptors (Lipinski definition) is 2. The zero-order valence-corrected chi connectivity index (χ0v) is 6.63. The van der Waals surface area contributed by atoms with Gasteiger partial charge in [-0.05, 0) is 12.8 Å². The van der Waals surface area contributed by atoms with Crippen LogP contribution in [-0.4, -0.2) is 17.1 Å². The summed E-state index contributed by atoms with van der Waals surface area (Å²) in [6.45, 7) is 0.590. The molecule has 0 aromatic carbocycles. The Bertz CT molecular complexity index is 240. The number of aromatic amines is 1. The van der Waals surface area contributed by atoms with Gasteiger partial charge in [-0.3, -0.25) is 0 Å². The van der Waals surface area contributed by atoms with Crippen molar-refractivity contribution in [1.82, 2.24) is 9.97 Å². The summed E-state index contributed by atoms with van der Waals surface area (Å²) in [5.74, 6) is 1.70. The van der Waals surface area contributed by atoms with E-state index in [1.165, 1.54) is 18.5 Å². The molecule has 0 amide bonds. The predicted molar refractivity (Wildman–Crippen MR) is 41.3 cm³/mol. The Hall–Kier alpha value is -0.830. The Kier molecular flexibility index (Phi) is 1.66. The molecule has 1 N–H and O–H groups in total. The normalized spacial score (nSPS) is 17.2. The van der Waals surface area contributed by atoms with Gasteiger partial charge in [-0.15, -0.1) is 0 Å². The van der Waals surface area contributed by atoms with Crippen LogP contribution in [0.5, 0.6) is 0 Å². The lowest BCUT2D eigenvalue weighted by Crippen LogP contribution is -1.89. The molecule has 11 heavy (non-hydrogen) atoms. The van der Waals surface area contributed by atoms with Crippen LogP contribution in [-0.2, 0) is 11.3 Å². The van der Waals surface area contributed by atoms with E-state index in [4.69, 9.17) is 4.74 Å². The summed E-state index contributed by atoms with van der Waals surface area (Å²) in [6, 6.07) is 0. The minimum absolute atomic E-state index is 0.590. The first-order valence-corrected chi connectivity index (χ1v) is 3.93. The van der Waals surface area contributed by atoms with Crippen LogP contribution in [0.2, 0.25) is 0 Å². The Balaban J connectivity index is 2.06. The van der Waals surface area contributed by atoms with E-state index < -0.39 is 0 Å². The largest absolute Gasteiger partial charge is 0.377 e. The molecule has 1 aliphatic carbocycles. The van der Waals surface area contributed by atoms with Crippen LogP contribution < -0.4 is 0 Å². The van der Waals surface area contributed by atoms with Crippen LogP contribution in [0.25, 0.3) is 0 Å². The smallest absolute Gasteiger partial charge is 0.132 e. The molecule has 60 valence electrons. The summed E-state index contributed by atoms with van der Waals surface area (Å²) in [5, 5.41) is 0. The second-order valence-corrected chi connectivity index (χ2v) is 2.99. The van der Waals surface area contributed by atoms with E-state index >= 15 is 0 Å². The van der Waals surface area contributed by atoms with Crippen LogP contribution in [0, 0.1) is 0 Å². The molecule has 0 radical (unpaired) electrons. The van der Waals surface area contributed by atoms with Crippen molar-refractivity contribution >= 4 is 0 Å². The van der Waals surface area contributed by atoms with Crippen LogP contribution in [0.1, 0.15) is 30.3 Å². The average Bonchev–Trinajstić information content (AvgIpc) is 2.75. The summed E-state index contributed by atoms with van der Waals surface area (Å²) < 4.78 is 4.95. The van der Waals surface area contributed by atoms with Gasteiger partial charge >= 0.3 is 0 Å². The third-order valence-electron chi connectivity index (χ3n) is 1.95. The zero-order chi connectivity index (χ0) is 7.68. The van der Waals surface area contributed by atoms with Crippen LogP contribution in [0.3, 0.4) is 0 Å². The maximum Gasteiger partial charge on any atom is 0.132 e. The van der Waals surface area contributed by atoms with Crippen molar-refractivity contribution in [3.63, 3.8) is 0 Å². The molecule has 1 heterocycles. The van der Waals surface area contributed by atoms with Gasteiger partial charge in [0.05, 0.1) is 0 Å². The van der Waals surface area contributed by atoms with Gasteiger partial charge in [0.25, 0.3) is 0 Å². The number of rotatable bonds is 3. The van der Waals surface area contributed by atoms with Gasteiger partial charge in [0, 0.05) is 24.9 Å². The van der Waals surface area contributed by atoms with E-state index in [0.717, 1.165) is 11.7 Å². The number of hydrogen-bond donors (Lipinski definition) is 1. The Morgan fingerprint density at radius 3 is 3.18 bits per heavy atom. The minimum Gasteiger partial charge on any atom is -0.377 e. The molecule has 0 unspecified atom stereocenters. The summed E-state index contributed by atoms with van der Waals surface area (Å²) in [5.41, 5.74) is 1.28. The monoisotopic (exact) mass is 152 g/mol. The lowest BCUT2D eigenvalue weighted by atomic mass is 10.3. The highest BCUT2D eigenvalue weighted by molar-refractivity contribution is 5.12. The molecule has 1 aliphatic rings. The highest BCUT2D eigenvalue weighted by Crippen LogP contribution is 2.38. The topological polar surface area (TPSA) is 37.9 Å². The fraction of sp³-hybridized carbons (Fsp3) is 0.625. The number of nitrogens with zero attached hydrogens (tertiary/aromatic N) is 1. The van der Waals surface area contributed by atoms with Gasteiger partial charge in [-0.1, -0.05) is 0 Å². The van der Waals surface area contributed by atoms with Gasteiger partial charge in [0.1, 0.15) is 12.4 Å². The molecule has 1 aromatic rings. The quantitative estimate of drug-likeness (QED) is 0.711. The van der Waals surface area contributed by atoms with Crippen molar-refractivity contribution in [3.05, 3.63) is 17.7 Å². The van der Waals surface area contributed by atoms with Crippen molar-refractivity contribution in [2.24, 2.45) is 0 Å². The molecule has 1 saturated carbocycles. The van der Waals surface area contributed by atoms with E-state index in [-0.39, 0.29) is 0 Å². The fourth-order valence-corrected chi connectivity index (χ4v) is 1.19. The number of methoxy groups -OCH3 is 1. The summed E-state index contributed by atoms with van der Waals surface area (Å²) in [7, 11) is 1.68. The Labute approximate surface area is 65.8 Å². The molecule has 0 spiro atoms. The molecule has 3 nitrogen and oxygen atoms in total. The number of imidazole rings is 1. The number of aromatic nitrogens is 2. The third-order valence-corrected chi connectivity index (χ3v) is 1.95. The fourth-order valence-electron chi connectivity index (χ4n) is 1.19. The molecule has 0 atom stereocenters. The molecule has 0 aliphatic heterocycles. The number of nitrogens with one attached hydrogen (secondary N) is 1. The SMILES string of the molecule is COCc1ncc(C2CC2)[nH]1. The third kappa shape index (κ3) is 1.43. The first kappa shape index (κ1) is 6.85. The van der Waals surface area contributed by atoms with E-state index in [0.29, 0.717) is 6.61 Å². The molecule has 1 fully saturated rings. The van der Waals surface area contributed by atoms with E-state index in [9.17, 15) is 0 Å². The van der Waals surface area contributed by atoms with Crippen LogP contribution in [0.15, 0.2) is 6.20 Å². The van der Waals surface area contributed by atoms with Crippen LogP contribution in [0.4, 0.5) is 0 Å². The Morgan fingerprint density at radius 2 is 2.55 bits per heavy atom. The van der Waals surface area contributed by atoms with Crippen molar-refractivity contribution in [2.75, 3.05) is 7.11 Å². The van der Waals surface area contributed by atoms with E-state index in [1.54, 1.807) is 7.11 Å². The van der Waals surface area contributed by atoms with Crippen molar-refractivity contribution < 1.29 is 4.74 Å². The number of ether oxygens (including phenoxy) is 1. The van der Waals surface area contributed by atoms with Crippen molar-refractivity contribution in [2.45, 2.75) is 25.4 Å². The summed E-state index contributed by atoms with van der Waals surface area (Å²) >= 11 is 0. The van der Waals surface area contributed by atoms with Crippen LogP contribution >= 0.6 is 0 Å². The van der Waals surface area contributed by atoms with Crippen molar-refractivity contribution in [3.8, 4) is 0 Å². The second-order valence-electron chi connectivity index (χ2n) is 2.99. The van der Waals surface area contributed by atoms with Crippen molar-refractivity contribution in [1.29, 1.82) is 0 Å². The van der Waals surface area contributed by atoms with Gasteiger partial charge < -0.3 is 9.72 Å². The average molecular weight is 152 g/mol. The molecule has 1 aromatic heterocycles. The van der Waals surface area contributed by atoms with Gasteiger partial charge in [0.15, 0.2) is 0 Å². The second kappa shape index (κ2) is 2.66. The molecule has 0 bridgehead atoms.